The van der Waals surface area contributed by atoms with Gasteiger partial charge in [-0.05, 0) is 37.5 Å². The molecular weight excluding hydrogens is 270 g/mol. The molecule has 5 nitrogen and oxygen atoms in total. The predicted molar refractivity (Wildman–Crippen MR) is 78.0 cm³/mol. The predicted octanol–water partition coefficient (Wildman–Crippen LogP) is 2.68. The van der Waals surface area contributed by atoms with Gasteiger partial charge in [0.2, 0.25) is 0 Å². The SMILES string of the molecule is COC(=O)O[C@H]1C=C[C@@H](NC(=O)c2ccccc2)CCC1. The molecule has 0 saturated carbocycles. The molecule has 0 fully saturated rings. The molecule has 0 spiro atoms. The van der Waals surface area contributed by atoms with Crippen LogP contribution in [-0.2, 0) is 9.47 Å². The number of hydrogen-bond donors (Lipinski definition) is 1. The second-order valence-electron chi connectivity index (χ2n) is 4.87. The number of hydrogen-bond acceptors (Lipinski definition) is 4. The average Bonchev–Trinajstić information content (AvgIpc) is 2.73. The molecule has 1 aliphatic carbocycles. The van der Waals surface area contributed by atoms with Crippen LogP contribution in [0.15, 0.2) is 42.5 Å². The Kier molecular flexibility index (Phi) is 5.37. The third-order valence-corrected chi connectivity index (χ3v) is 3.33. The van der Waals surface area contributed by atoms with Crippen LogP contribution in [0.2, 0.25) is 0 Å². The molecule has 0 aliphatic heterocycles. The summed E-state index contributed by atoms with van der Waals surface area (Å²) in [6.45, 7) is 0. The van der Waals surface area contributed by atoms with E-state index >= 15 is 0 Å². The molecule has 2 atom stereocenters. The first kappa shape index (κ1) is 15.1. The summed E-state index contributed by atoms with van der Waals surface area (Å²) in [5.41, 5.74) is 0.637. The third-order valence-electron chi connectivity index (χ3n) is 3.33. The first-order valence-electron chi connectivity index (χ1n) is 6.98. The Morgan fingerprint density at radius 2 is 1.90 bits per heavy atom. The van der Waals surface area contributed by atoms with E-state index in [1.807, 2.05) is 24.3 Å². The fourth-order valence-corrected chi connectivity index (χ4v) is 2.22. The van der Waals surface area contributed by atoms with Gasteiger partial charge in [-0.3, -0.25) is 4.79 Å². The molecule has 2 rings (SSSR count). The largest absolute Gasteiger partial charge is 0.508 e. The quantitative estimate of drug-likeness (QED) is 0.686. The minimum atomic E-state index is -0.684. The highest BCUT2D eigenvalue weighted by Gasteiger charge is 2.18. The molecular formula is C16H19NO4. The van der Waals surface area contributed by atoms with E-state index in [4.69, 9.17) is 4.74 Å². The Morgan fingerprint density at radius 1 is 1.14 bits per heavy atom. The lowest BCUT2D eigenvalue weighted by Crippen LogP contribution is -2.33. The summed E-state index contributed by atoms with van der Waals surface area (Å²) in [5.74, 6) is -0.0995. The zero-order chi connectivity index (χ0) is 15.1. The van der Waals surface area contributed by atoms with Crippen molar-refractivity contribution in [2.75, 3.05) is 7.11 Å². The Hall–Kier alpha value is -2.30. The van der Waals surface area contributed by atoms with Crippen molar-refractivity contribution in [1.82, 2.24) is 5.32 Å². The van der Waals surface area contributed by atoms with Crippen LogP contribution in [-0.4, -0.2) is 31.3 Å². The van der Waals surface area contributed by atoms with E-state index in [1.165, 1.54) is 7.11 Å². The summed E-state index contributed by atoms with van der Waals surface area (Å²) in [4.78, 5) is 23.2. The monoisotopic (exact) mass is 289 g/mol. The maximum Gasteiger partial charge on any atom is 0.508 e. The molecule has 1 aromatic rings. The van der Waals surface area contributed by atoms with E-state index < -0.39 is 6.16 Å². The Balaban J connectivity index is 1.91. The van der Waals surface area contributed by atoms with Gasteiger partial charge in [0.1, 0.15) is 6.10 Å². The maximum absolute atomic E-state index is 12.1. The molecule has 0 unspecified atom stereocenters. The summed E-state index contributed by atoms with van der Waals surface area (Å²) in [5, 5.41) is 2.97. The molecule has 0 bridgehead atoms. The summed E-state index contributed by atoms with van der Waals surface area (Å²) >= 11 is 0. The van der Waals surface area contributed by atoms with Gasteiger partial charge in [0.15, 0.2) is 0 Å². The molecule has 1 amide bonds. The van der Waals surface area contributed by atoms with Gasteiger partial charge in [-0.25, -0.2) is 4.79 Å². The van der Waals surface area contributed by atoms with Gasteiger partial charge in [-0.15, -0.1) is 0 Å². The van der Waals surface area contributed by atoms with Crippen molar-refractivity contribution in [2.45, 2.75) is 31.4 Å². The Bertz CT molecular complexity index is 512. The first-order valence-corrected chi connectivity index (χ1v) is 6.98. The van der Waals surface area contributed by atoms with E-state index in [-0.39, 0.29) is 18.1 Å². The van der Waals surface area contributed by atoms with E-state index in [2.05, 4.69) is 10.1 Å². The van der Waals surface area contributed by atoms with Crippen molar-refractivity contribution < 1.29 is 19.1 Å². The first-order chi connectivity index (χ1) is 10.2. The van der Waals surface area contributed by atoms with Crippen molar-refractivity contribution >= 4 is 12.1 Å². The highest BCUT2D eigenvalue weighted by molar-refractivity contribution is 5.94. The lowest BCUT2D eigenvalue weighted by atomic mass is 10.1. The minimum absolute atomic E-state index is 0.0519. The summed E-state index contributed by atoms with van der Waals surface area (Å²) < 4.78 is 9.58. The fourth-order valence-electron chi connectivity index (χ4n) is 2.22. The van der Waals surface area contributed by atoms with E-state index in [1.54, 1.807) is 18.2 Å². The van der Waals surface area contributed by atoms with Gasteiger partial charge in [-0.2, -0.15) is 0 Å². The van der Waals surface area contributed by atoms with Crippen LogP contribution in [0.3, 0.4) is 0 Å². The van der Waals surface area contributed by atoms with Crippen LogP contribution in [0.5, 0.6) is 0 Å². The molecule has 0 radical (unpaired) electrons. The normalized spacial score (nSPS) is 21.2. The second kappa shape index (κ2) is 7.47. The van der Waals surface area contributed by atoms with Crippen LogP contribution in [0.4, 0.5) is 4.79 Å². The van der Waals surface area contributed by atoms with Crippen LogP contribution < -0.4 is 5.32 Å². The van der Waals surface area contributed by atoms with Gasteiger partial charge in [0.05, 0.1) is 7.11 Å². The zero-order valence-corrected chi connectivity index (χ0v) is 12.0. The molecule has 5 heteroatoms. The second-order valence-corrected chi connectivity index (χ2v) is 4.87. The molecule has 112 valence electrons. The standard InChI is InChI=1S/C16H19NO4/c1-20-16(19)21-14-9-5-8-13(10-11-14)17-15(18)12-6-3-2-4-7-12/h2-4,6-7,10-11,13-14H,5,8-9H2,1H3,(H,17,18)/t13-,14+/m0/s1. The minimum Gasteiger partial charge on any atom is -0.438 e. The molecule has 0 heterocycles. The smallest absolute Gasteiger partial charge is 0.438 e. The summed E-state index contributed by atoms with van der Waals surface area (Å²) in [6, 6.07) is 9.04. The van der Waals surface area contributed by atoms with Gasteiger partial charge < -0.3 is 14.8 Å². The number of ether oxygens (including phenoxy) is 2. The third kappa shape index (κ3) is 4.63. The van der Waals surface area contributed by atoms with Crippen molar-refractivity contribution in [3.63, 3.8) is 0 Å². The van der Waals surface area contributed by atoms with Gasteiger partial charge in [0.25, 0.3) is 5.91 Å². The zero-order valence-electron chi connectivity index (χ0n) is 12.0. The number of amides is 1. The Morgan fingerprint density at radius 3 is 2.62 bits per heavy atom. The highest BCUT2D eigenvalue weighted by atomic mass is 16.7. The van der Waals surface area contributed by atoms with Crippen molar-refractivity contribution in [1.29, 1.82) is 0 Å². The number of rotatable bonds is 3. The number of benzene rings is 1. The molecule has 1 N–H and O–H groups in total. The van der Waals surface area contributed by atoms with Crippen LogP contribution in [0.1, 0.15) is 29.6 Å². The van der Waals surface area contributed by atoms with Crippen molar-refractivity contribution in [3.8, 4) is 0 Å². The fraction of sp³-hybridized carbons (Fsp3) is 0.375. The molecule has 1 aliphatic rings. The average molecular weight is 289 g/mol. The number of methoxy groups -OCH3 is 1. The van der Waals surface area contributed by atoms with Crippen LogP contribution >= 0.6 is 0 Å². The topological polar surface area (TPSA) is 64.6 Å². The van der Waals surface area contributed by atoms with E-state index in [0.717, 1.165) is 19.3 Å². The number of carbonyl (C=O) groups is 2. The Labute approximate surface area is 123 Å². The van der Waals surface area contributed by atoms with Crippen LogP contribution in [0, 0.1) is 0 Å². The molecule has 21 heavy (non-hydrogen) atoms. The molecule has 0 saturated heterocycles. The van der Waals surface area contributed by atoms with Gasteiger partial charge >= 0.3 is 6.16 Å². The van der Waals surface area contributed by atoms with E-state index in [0.29, 0.717) is 5.56 Å². The lowest BCUT2D eigenvalue weighted by molar-refractivity contribution is 0.0498. The molecule has 1 aromatic carbocycles. The van der Waals surface area contributed by atoms with Crippen molar-refractivity contribution in [3.05, 3.63) is 48.0 Å². The van der Waals surface area contributed by atoms with Crippen molar-refractivity contribution in [2.24, 2.45) is 0 Å². The molecule has 0 aromatic heterocycles. The number of carbonyl (C=O) groups excluding carboxylic acids is 2. The summed E-state index contributed by atoms with van der Waals surface area (Å²) in [7, 11) is 1.28. The highest BCUT2D eigenvalue weighted by Crippen LogP contribution is 2.15. The summed E-state index contributed by atoms with van der Waals surface area (Å²) in [6.07, 6.45) is 5.10. The van der Waals surface area contributed by atoms with Gasteiger partial charge in [-0.1, -0.05) is 24.3 Å². The number of nitrogens with one attached hydrogen (secondary N) is 1. The van der Waals surface area contributed by atoms with Crippen LogP contribution in [0.25, 0.3) is 0 Å². The maximum atomic E-state index is 12.1. The van der Waals surface area contributed by atoms with E-state index in [9.17, 15) is 9.59 Å². The lowest BCUT2D eigenvalue weighted by Gasteiger charge is -2.13. The van der Waals surface area contributed by atoms with Gasteiger partial charge in [0, 0.05) is 11.6 Å².